The molecule has 5 nitrogen and oxygen atoms in total. The molecule has 1 amide bonds. The molecule has 0 saturated carbocycles. The molecule has 1 saturated heterocycles. The van der Waals surface area contributed by atoms with Gasteiger partial charge >= 0.3 is 0 Å². The van der Waals surface area contributed by atoms with Crippen LogP contribution in [0.1, 0.15) is 30.7 Å². The molecule has 0 unspecified atom stereocenters. The number of carbonyl (C=O) groups excluding carboxylic acids is 1. The second-order valence-corrected chi connectivity index (χ2v) is 5.71. The molecule has 3 heterocycles. The fourth-order valence-electron chi connectivity index (χ4n) is 2.34. The van der Waals surface area contributed by atoms with Gasteiger partial charge in [-0.15, -0.1) is 10.2 Å². The van der Waals surface area contributed by atoms with E-state index in [4.69, 9.17) is 4.42 Å². The summed E-state index contributed by atoms with van der Waals surface area (Å²) in [6, 6.07) is 3.74. The van der Waals surface area contributed by atoms with Crippen LogP contribution in [0.15, 0.2) is 22.8 Å². The van der Waals surface area contributed by atoms with Gasteiger partial charge in [0.1, 0.15) is 5.01 Å². The number of furan rings is 1. The van der Waals surface area contributed by atoms with Crippen molar-refractivity contribution >= 4 is 17.2 Å². The van der Waals surface area contributed by atoms with E-state index in [1.165, 1.54) is 0 Å². The summed E-state index contributed by atoms with van der Waals surface area (Å²) in [5.41, 5.74) is 0. The highest BCUT2D eigenvalue weighted by Crippen LogP contribution is 2.33. The minimum absolute atomic E-state index is 0.159. The summed E-state index contributed by atoms with van der Waals surface area (Å²) in [5, 5.41) is 10.3. The Bertz CT molecular complexity index is 556. The van der Waals surface area contributed by atoms with Crippen LogP contribution >= 0.6 is 11.3 Å². The van der Waals surface area contributed by atoms with Crippen LogP contribution in [0.25, 0.3) is 10.8 Å². The normalized spacial score (nSPS) is 16.8. The molecule has 2 aromatic heterocycles. The second-order valence-electron chi connectivity index (χ2n) is 4.70. The van der Waals surface area contributed by atoms with Crippen LogP contribution < -0.4 is 0 Å². The standard InChI is InChI=1S/C13H15N3O2S/c1-9(17)16-6-4-10(5-7-16)12-14-15-13(19-12)11-3-2-8-18-11/h2-3,8,10H,4-7H2,1H3. The third-order valence-electron chi connectivity index (χ3n) is 3.46. The van der Waals surface area contributed by atoms with Crippen molar-refractivity contribution in [2.45, 2.75) is 25.7 Å². The number of hydrogen-bond donors (Lipinski definition) is 0. The fourth-order valence-corrected chi connectivity index (χ4v) is 3.32. The van der Waals surface area contributed by atoms with Crippen LogP contribution in [0.4, 0.5) is 0 Å². The van der Waals surface area contributed by atoms with Gasteiger partial charge in [0, 0.05) is 25.9 Å². The summed E-state index contributed by atoms with van der Waals surface area (Å²) in [7, 11) is 0. The lowest BCUT2D eigenvalue weighted by Crippen LogP contribution is -2.36. The minimum Gasteiger partial charge on any atom is -0.462 e. The number of likely N-dealkylation sites (tertiary alicyclic amines) is 1. The lowest BCUT2D eigenvalue weighted by Gasteiger charge is -2.29. The Morgan fingerprint density at radius 3 is 2.84 bits per heavy atom. The van der Waals surface area contributed by atoms with Crippen LogP contribution in [0.5, 0.6) is 0 Å². The van der Waals surface area contributed by atoms with Gasteiger partial charge in [-0.1, -0.05) is 11.3 Å². The minimum atomic E-state index is 0.159. The highest BCUT2D eigenvalue weighted by molar-refractivity contribution is 7.14. The Morgan fingerprint density at radius 1 is 1.42 bits per heavy atom. The second kappa shape index (κ2) is 5.13. The first-order valence-corrected chi connectivity index (χ1v) is 7.18. The Kier molecular flexibility index (Phi) is 3.33. The number of piperidine rings is 1. The molecule has 6 heteroatoms. The number of aromatic nitrogens is 2. The average Bonchev–Trinajstić information content (AvgIpc) is 3.10. The zero-order valence-electron chi connectivity index (χ0n) is 10.7. The number of carbonyl (C=O) groups is 1. The quantitative estimate of drug-likeness (QED) is 0.846. The summed E-state index contributed by atoms with van der Waals surface area (Å²) in [6.45, 7) is 3.26. The van der Waals surface area contributed by atoms with E-state index in [0.29, 0.717) is 5.92 Å². The molecular weight excluding hydrogens is 262 g/mol. The molecule has 1 fully saturated rings. The zero-order chi connectivity index (χ0) is 13.2. The van der Waals surface area contributed by atoms with Gasteiger partial charge in [0.15, 0.2) is 10.8 Å². The Morgan fingerprint density at radius 2 is 2.21 bits per heavy atom. The van der Waals surface area contributed by atoms with Crippen LogP contribution in [0, 0.1) is 0 Å². The van der Waals surface area contributed by atoms with Gasteiger partial charge in [0.2, 0.25) is 5.91 Å². The summed E-state index contributed by atoms with van der Waals surface area (Å²) in [6.07, 6.45) is 3.57. The third-order valence-corrected chi connectivity index (χ3v) is 4.56. The summed E-state index contributed by atoms with van der Waals surface area (Å²) >= 11 is 1.59. The number of rotatable bonds is 2. The predicted molar refractivity (Wildman–Crippen MR) is 71.8 cm³/mol. The van der Waals surface area contributed by atoms with Crippen molar-refractivity contribution in [1.29, 1.82) is 0 Å². The van der Waals surface area contributed by atoms with Gasteiger partial charge < -0.3 is 9.32 Å². The van der Waals surface area contributed by atoms with Gasteiger partial charge in [-0.25, -0.2) is 0 Å². The van der Waals surface area contributed by atoms with E-state index in [0.717, 1.165) is 41.7 Å². The van der Waals surface area contributed by atoms with E-state index < -0.39 is 0 Å². The summed E-state index contributed by atoms with van der Waals surface area (Å²) < 4.78 is 5.32. The molecule has 0 aliphatic carbocycles. The SMILES string of the molecule is CC(=O)N1CCC(c2nnc(-c3ccco3)s2)CC1. The van der Waals surface area contributed by atoms with Crippen LogP contribution in [-0.2, 0) is 4.79 Å². The van der Waals surface area contributed by atoms with Crippen LogP contribution in [-0.4, -0.2) is 34.1 Å². The first-order chi connectivity index (χ1) is 9.24. The summed E-state index contributed by atoms with van der Waals surface area (Å²) in [5.74, 6) is 1.34. The van der Waals surface area contributed by atoms with Gasteiger partial charge in [-0.05, 0) is 25.0 Å². The average molecular weight is 277 g/mol. The van der Waals surface area contributed by atoms with Crippen molar-refractivity contribution in [3.63, 3.8) is 0 Å². The molecule has 2 aromatic rings. The largest absolute Gasteiger partial charge is 0.462 e. The van der Waals surface area contributed by atoms with Crippen LogP contribution in [0.3, 0.4) is 0 Å². The first kappa shape index (κ1) is 12.3. The molecule has 0 N–H and O–H groups in total. The van der Waals surface area contributed by atoms with E-state index in [9.17, 15) is 4.79 Å². The Balaban J connectivity index is 1.69. The summed E-state index contributed by atoms with van der Waals surface area (Å²) in [4.78, 5) is 13.2. The number of hydrogen-bond acceptors (Lipinski definition) is 5. The molecule has 0 spiro atoms. The fraction of sp³-hybridized carbons (Fsp3) is 0.462. The maximum absolute atomic E-state index is 11.3. The molecular formula is C13H15N3O2S. The van der Waals surface area contributed by atoms with Crippen molar-refractivity contribution < 1.29 is 9.21 Å². The number of nitrogens with zero attached hydrogens (tertiary/aromatic N) is 3. The Hall–Kier alpha value is -1.69. The van der Waals surface area contributed by atoms with Gasteiger partial charge in [0.05, 0.1) is 6.26 Å². The maximum atomic E-state index is 11.3. The smallest absolute Gasteiger partial charge is 0.219 e. The lowest BCUT2D eigenvalue weighted by molar-refractivity contribution is -0.129. The molecule has 0 aromatic carbocycles. The molecule has 0 radical (unpaired) electrons. The highest BCUT2D eigenvalue weighted by atomic mass is 32.1. The maximum Gasteiger partial charge on any atom is 0.219 e. The predicted octanol–water partition coefficient (Wildman–Crippen LogP) is 2.52. The van der Waals surface area contributed by atoms with E-state index in [-0.39, 0.29) is 5.91 Å². The molecule has 3 rings (SSSR count). The lowest BCUT2D eigenvalue weighted by atomic mass is 9.98. The zero-order valence-corrected chi connectivity index (χ0v) is 11.5. The Labute approximate surface area is 115 Å². The van der Waals surface area contributed by atoms with Crippen molar-refractivity contribution in [2.75, 3.05) is 13.1 Å². The van der Waals surface area contributed by atoms with Crippen molar-refractivity contribution in [3.05, 3.63) is 23.4 Å². The van der Waals surface area contributed by atoms with Crippen molar-refractivity contribution in [2.24, 2.45) is 0 Å². The molecule has 1 aliphatic rings. The van der Waals surface area contributed by atoms with E-state index in [1.54, 1.807) is 24.5 Å². The number of amides is 1. The molecule has 0 bridgehead atoms. The monoisotopic (exact) mass is 277 g/mol. The highest BCUT2D eigenvalue weighted by Gasteiger charge is 2.25. The molecule has 0 atom stereocenters. The van der Waals surface area contributed by atoms with E-state index in [2.05, 4.69) is 10.2 Å². The first-order valence-electron chi connectivity index (χ1n) is 6.37. The molecule has 100 valence electrons. The van der Waals surface area contributed by atoms with Crippen molar-refractivity contribution in [1.82, 2.24) is 15.1 Å². The van der Waals surface area contributed by atoms with Crippen LogP contribution in [0.2, 0.25) is 0 Å². The topological polar surface area (TPSA) is 59.2 Å². The van der Waals surface area contributed by atoms with Gasteiger partial charge in [-0.3, -0.25) is 4.79 Å². The van der Waals surface area contributed by atoms with E-state index in [1.807, 2.05) is 17.0 Å². The van der Waals surface area contributed by atoms with Crippen molar-refractivity contribution in [3.8, 4) is 10.8 Å². The van der Waals surface area contributed by atoms with Gasteiger partial charge in [0.25, 0.3) is 0 Å². The van der Waals surface area contributed by atoms with Gasteiger partial charge in [-0.2, -0.15) is 0 Å². The third kappa shape index (κ3) is 2.53. The molecule has 19 heavy (non-hydrogen) atoms. The molecule has 1 aliphatic heterocycles. The van der Waals surface area contributed by atoms with E-state index >= 15 is 0 Å².